The largest absolute Gasteiger partial charge is 0.389 e. The number of hydrogen-bond donors (Lipinski definition) is 2. The molecule has 0 fully saturated rings. The van der Waals surface area contributed by atoms with Crippen LogP contribution in [0.2, 0.25) is 0 Å². The number of rotatable bonds is 6. The Morgan fingerprint density at radius 3 is 2.53 bits per heavy atom. The van der Waals surface area contributed by atoms with Gasteiger partial charge in [-0.15, -0.1) is 0 Å². The molecule has 6 heteroatoms. The van der Waals surface area contributed by atoms with Crippen molar-refractivity contribution in [2.75, 3.05) is 20.3 Å². The molecule has 0 aliphatic heterocycles. The van der Waals surface area contributed by atoms with Crippen molar-refractivity contribution < 1.29 is 23.0 Å². The Balaban J connectivity index is 2.49. The van der Waals surface area contributed by atoms with Crippen LogP contribution in [0, 0.1) is 17.5 Å². The molecule has 0 bridgehead atoms. The zero-order chi connectivity index (χ0) is 12.8. The topological polar surface area (TPSA) is 41.5 Å². The summed E-state index contributed by atoms with van der Waals surface area (Å²) in [6, 6.07) is 1.29. The van der Waals surface area contributed by atoms with E-state index >= 15 is 0 Å². The van der Waals surface area contributed by atoms with Crippen molar-refractivity contribution in [3.8, 4) is 0 Å². The molecular weight excluding hydrogens is 235 g/mol. The van der Waals surface area contributed by atoms with E-state index in [1.807, 2.05) is 0 Å². The number of hydrogen-bond acceptors (Lipinski definition) is 3. The maximum absolute atomic E-state index is 13.2. The smallest absolute Gasteiger partial charge is 0.161 e. The van der Waals surface area contributed by atoms with Crippen molar-refractivity contribution >= 4 is 0 Å². The molecule has 1 rings (SSSR count). The predicted molar refractivity (Wildman–Crippen MR) is 55.9 cm³/mol. The Bertz CT molecular complexity index is 374. The highest BCUT2D eigenvalue weighted by atomic mass is 19.2. The molecule has 0 aromatic heterocycles. The van der Waals surface area contributed by atoms with E-state index in [4.69, 9.17) is 4.74 Å². The van der Waals surface area contributed by atoms with Crippen molar-refractivity contribution in [1.29, 1.82) is 0 Å². The molecule has 0 saturated heterocycles. The third kappa shape index (κ3) is 4.33. The molecule has 0 spiro atoms. The summed E-state index contributed by atoms with van der Waals surface area (Å²) >= 11 is 0. The highest BCUT2D eigenvalue weighted by Crippen LogP contribution is 2.13. The number of ether oxygens (including phenoxy) is 1. The van der Waals surface area contributed by atoms with Crippen LogP contribution in [0.4, 0.5) is 13.2 Å². The van der Waals surface area contributed by atoms with Gasteiger partial charge in [0.2, 0.25) is 0 Å². The average Bonchev–Trinajstić information content (AvgIpc) is 2.26. The molecule has 0 aliphatic carbocycles. The van der Waals surface area contributed by atoms with Crippen LogP contribution < -0.4 is 5.32 Å². The zero-order valence-corrected chi connectivity index (χ0v) is 9.34. The molecule has 3 nitrogen and oxygen atoms in total. The summed E-state index contributed by atoms with van der Waals surface area (Å²) in [6.07, 6.45) is -0.728. The van der Waals surface area contributed by atoms with E-state index in [1.54, 1.807) is 0 Å². The standard InChI is InChI=1S/C11H14F3NO2/c1-17-6-8(16)5-15-4-7-2-10(13)11(14)3-9(7)12/h2-3,8,15-16H,4-6H2,1H3. The van der Waals surface area contributed by atoms with Crippen LogP contribution in [-0.4, -0.2) is 31.5 Å². The van der Waals surface area contributed by atoms with Gasteiger partial charge in [0.25, 0.3) is 0 Å². The minimum atomic E-state index is -1.22. The van der Waals surface area contributed by atoms with Gasteiger partial charge in [0.05, 0.1) is 12.7 Å². The summed E-state index contributed by atoms with van der Waals surface area (Å²) in [5.74, 6) is -3.14. The summed E-state index contributed by atoms with van der Waals surface area (Å²) in [5.41, 5.74) is 0.00789. The van der Waals surface area contributed by atoms with Gasteiger partial charge in [-0.1, -0.05) is 0 Å². The molecule has 1 aromatic carbocycles. The molecule has 2 N–H and O–H groups in total. The Morgan fingerprint density at radius 2 is 1.88 bits per heavy atom. The predicted octanol–water partition coefficient (Wildman–Crippen LogP) is 1.20. The number of aliphatic hydroxyl groups excluding tert-OH is 1. The second kappa shape index (κ2) is 6.58. The fourth-order valence-corrected chi connectivity index (χ4v) is 1.32. The molecule has 96 valence electrons. The van der Waals surface area contributed by atoms with Crippen LogP contribution in [0.15, 0.2) is 12.1 Å². The van der Waals surface area contributed by atoms with Crippen LogP contribution in [0.3, 0.4) is 0 Å². The van der Waals surface area contributed by atoms with Crippen LogP contribution >= 0.6 is 0 Å². The Kier molecular flexibility index (Phi) is 5.40. The van der Waals surface area contributed by atoms with Gasteiger partial charge < -0.3 is 15.2 Å². The third-order valence-electron chi connectivity index (χ3n) is 2.14. The summed E-state index contributed by atoms with van der Waals surface area (Å²) in [6.45, 7) is 0.323. The van der Waals surface area contributed by atoms with E-state index in [0.29, 0.717) is 6.07 Å². The van der Waals surface area contributed by atoms with E-state index in [-0.39, 0.29) is 25.3 Å². The Hall–Kier alpha value is -1.11. The molecule has 1 atom stereocenters. The fraction of sp³-hybridized carbons (Fsp3) is 0.455. The lowest BCUT2D eigenvalue weighted by molar-refractivity contribution is 0.0643. The summed E-state index contributed by atoms with van der Waals surface area (Å²) in [7, 11) is 1.44. The van der Waals surface area contributed by atoms with Crippen molar-refractivity contribution in [1.82, 2.24) is 5.32 Å². The van der Waals surface area contributed by atoms with Crippen LogP contribution in [-0.2, 0) is 11.3 Å². The maximum Gasteiger partial charge on any atom is 0.161 e. The van der Waals surface area contributed by atoms with Crippen LogP contribution in [0.25, 0.3) is 0 Å². The van der Waals surface area contributed by atoms with E-state index < -0.39 is 23.6 Å². The first-order valence-electron chi connectivity index (χ1n) is 5.05. The van der Waals surface area contributed by atoms with Crippen LogP contribution in [0.1, 0.15) is 5.56 Å². The molecule has 0 amide bonds. The summed E-state index contributed by atoms with van der Waals surface area (Å²) in [5, 5.41) is 12.0. The van der Waals surface area contributed by atoms with Crippen molar-refractivity contribution in [2.24, 2.45) is 0 Å². The summed E-state index contributed by atoms with van der Waals surface area (Å²) < 4.78 is 43.3. The highest BCUT2D eigenvalue weighted by molar-refractivity contribution is 5.19. The SMILES string of the molecule is COCC(O)CNCc1cc(F)c(F)cc1F. The molecule has 0 saturated carbocycles. The lowest BCUT2D eigenvalue weighted by Crippen LogP contribution is -2.30. The van der Waals surface area contributed by atoms with E-state index in [2.05, 4.69) is 5.32 Å². The highest BCUT2D eigenvalue weighted by Gasteiger charge is 2.10. The van der Waals surface area contributed by atoms with Crippen molar-refractivity contribution in [3.63, 3.8) is 0 Å². The lowest BCUT2D eigenvalue weighted by atomic mass is 10.2. The maximum atomic E-state index is 13.2. The number of benzene rings is 1. The fourth-order valence-electron chi connectivity index (χ4n) is 1.32. The van der Waals surface area contributed by atoms with Gasteiger partial charge in [0, 0.05) is 31.8 Å². The van der Waals surface area contributed by atoms with Gasteiger partial charge in [-0.05, 0) is 6.07 Å². The van der Waals surface area contributed by atoms with Gasteiger partial charge >= 0.3 is 0 Å². The lowest BCUT2D eigenvalue weighted by Gasteiger charge is -2.11. The number of methoxy groups -OCH3 is 1. The molecule has 0 aliphatic rings. The first-order chi connectivity index (χ1) is 8.04. The Morgan fingerprint density at radius 1 is 1.24 bits per heavy atom. The normalized spacial score (nSPS) is 12.8. The first-order valence-corrected chi connectivity index (χ1v) is 5.05. The number of nitrogens with one attached hydrogen (secondary N) is 1. The monoisotopic (exact) mass is 249 g/mol. The minimum absolute atomic E-state index is 0.00378. The van der Waals surface area contributed by atoms with Gasteiger partial charge in [-0.2, -0.15) is 0 Å². The van der Waals surface area contributed by atoms with Crippen LogP contribution in [0.5, 0.6) is 0 Å². The van der Waals surface area contributed by atoms with E-state index in [0.717, 1.165) is 6.07 Å². The van der Waals surface area contributed by atoms with Gasteiger partial charge in [-0.25, -0.2) is 13.2 Å². The quantitative estimate of drug-likeness (QED) is 0.744. The molecule has 17 heavy (non-hydrogen) atoms. The molecule has 1 aromatic rings. The zero-order valence-electron chi connectivity index (χ0n) is 9.34. The number of aliphatic hydroxyl groups is 1. The van der Waals surface area contributed by atoms with Crippen molar-refractivity contribution in [2.45, 2.75) is 12.6 Å². The number of halogens is 3. The van der Waals surface area contributed by atoms with E-state index in [9.17, 15) is 18.3 Å². The van der Waals surface area contributed by atoms with Gasteiger partial charge in [-0.3, -0.25) is 0 Å². The second-order valence-corrected chi connectivity index (χ2v) is 3.60. The molecule has 0 radical (unpaired) electrons. The summed E-state index contributed by atoms with van der Waals surface area (Å²) in [4.78, 5) is 0. The Labute approximate surface area is 97.2 Å². The molecule has 1 unspecified atom stereocenters. The van der Waals surface area contributed by atoms with Gasteiger partial charge in [0.15, 0.2) is 11.6 Å². The minimum Gasteiger partial charge on any atom is -0.389 e. The average molecular weight is 249 g/mol. The van der Waals surface area contributed by atoms with E-state index in [1.165, 1.54) is 7.11 Å². The second-order valence-electron chi connectivity index (χ2n) is 3.60. The van der Waals surface area contributed by atoms with Gasteiger partial charge in [0.1, 0.15) is 5.82 Å². The van der Waals surface area contributed by atoms with Crippen molar-refractivity contribution in [3.05, 3.63) is 35.1 Å². The third-order valence-corrected chi connectivity index (χ3v) is 2.14. The first kappa shape index (κ1) is 14.0. The molecular formula is C11H14F3NO2. The molecule has 0 heterocycles.